The monoisotopic (exact) mass is 222 g/mol. The number of carbonyl (C=O) groups excluding carboxylic acids is 1. The Labute approximate surface area is 84.9 Å². The number of allylic oxidation sites excluding steroid dienone is 1. The van der Waals surface area contributed by atoms with Crippen LogP contribution in [0.4, 0.5) is 0 Å². The van der Waals surface area contributed by atoms with Crippen LogP contribution in [0.25, 0.3) is 0 Å². The first kappa shape index (κ1) is 13.1. The predicted octanol–water partition coefficient (Wildman–Crippen LogP) is 0.427. The molecule has 0 saturated heterocycles. The number of carbonyl (C=O) groups is 1. The second-order valence-corrected chi connectivity index (χ2v) is 3.25. The molecule has 0 aromatic carbocycles. The molecule has 82 valence electrons. The standard InChI is InChI=1S/C8H14O5S/c1-3-4-8(9)12-6-5-7(2)13-14(10)11/h3-4,7,14H,5-6H2,1-2H3. The van der Waals surface area contributed by atoms with Gasteiger partial charge in [-0.2, -0.15) is 0 Å². The molecule has 0 rings (SSSR count). The van der Waals surface area contributed by atoms with Gasteiger partial charge in [-0.3, -0.25) is 4.18 Å². The van der Waals surface area contributed by atoms with E-state index in [0.717, 1.165) is 0 Å². The molecule has 0 N–H and O–H groups in total. The third-order valence-electron chi connectivity index (χ3n) is 1.34. The molecule has 0 saturated carbocycles. The fourth-order valence-electron chi connectivity index (χ4n) is 0.709. The lowest BCUT2D eigenvalue weighted by Crippen LogP contribution is -2.12. The Morgan fingerprint density at radius 3 is 2.64 bits per heavy atom. The van der Waals surface area contributed by atoms with Crippen LogP contribution in [0.3, 0.4) is 0 Å². The van der Waals surface area contributed by atoms with Crippen molar-refractivity contribution < 1.29 is 22.1 Å². The Balaban J connectivity index is 3.58. The Hall–Kier alpha value is -0.880. The van der Waals surface area contributed by atoms with Gasteiger partial charge in [-0.15, -0.1) is 0 Å². The van der Waals surface area contributed by atoms with Crippen molar-refractivity contribution in [3.8, 4) is 0 Å². The van der Waals surface area contributed by atoms with Crippen molar-refractivity contribution in [1.82, 2.24) is 0 Å². The second-order valence-electron chi connectivity index (χ2n) is 2.60. The average Bonchev–Trinajstić information content (AvgIpc) is 2.02. The maximum Gasteiger partial charge on any atom is 0.330 e. The van der Waals surface area contributed by atoms with E-state index in [4.69, 9.17) is 4.74 Å². The Bertz CT molecular complexity index is 261. The summed E-state index contributed by atoms with van der Waals surface area (Å²) in [6, 6.07) is 0. The lowest BCUT2D eigenvalue weighted by atomic mass is 10.3. The van der Waals surface area contributed by atoms with Crippen molar-refractivity contribution >= 4 is 17.0 Å². The highest BCUT2D eigenvalue weighted by molar-refractivity contribution is 7.67. The average molecular weight is 222 g/mol. The zero-order valence-corrected chi connectivity index (χ0v) is 9.03. The van der Waals surface area contributed by atoms with E-state index in [-0.39, 0.29) is 6.61 Å². The van der Waals surface area contributed by atoms with E-state index < -0.39 is 23.1 Å². The summed E-state index contributed by atoms with van der Waals surface area (Å²) in [7, 11) is -2.83. The summed E-state index contributed by atoms with van der Waals surface area (Å²) in [5.41, 5.74) is 0. The molecule has 0 heterocycles. The molecule has 0 aliphatic rings. The highest BCUT2D eigenvalue weighted by Crippen LogP contribution is 1.98. The molecular formula is C8H14O5S. The SMILES string of the molecule is CC=CC(=O)OCCC(C)O[SH](=O)=O. The zero-order chi connectivity index (χ0) is 11.0. The van der Waals surface area contributed by atoms with Gasteiger partial charge in [0.15, 0.2) is 0 Å². The molecule has 0 aliphatic carbocycles. The van der Waals surface area contributed by atoms with Crippen molar-refractivity contribution in [2.75, 3.05) is 6.61 Å². The van der Waals surface area contributed by atoms with Crippen LogP contribution in [-0.4, -0.2) is 27.1 Å². The maximum atomic E-state index is 10.8. The number of hydrogen-bond donors (Lipinski definition) is 1. The van der Waals surface area contributed by atoms with Crippen LogP contribution in [0.1, 0.15) is 20.3 Å². The summed E-state index contributed by atoms with van der Waals surface area (Å²) in [6.07, 6.45) is 2.75. The molecule has 0 aliphatic heterocycles. The van der Waals surface area contributed by atoms with E-state index in [2.05, 4.69) is 4.18 Å². The Kier molecular flexibility index (Phi) is 7.04. The molecule has 0 bridgehead atoms. The van der Waals surface area contributed by atoms with Crippen molar-refractivity contribution in [2.45, 2.75) is 26.4 Å². The van der Waals surface area contributed by atoms with E-state index in [1.165, 1.54) is 6.08 Å². The molecule has 1 unspecified atom stereocenters. The smallest absolute Gasteiger partial charge is 0.330 e. The third-order valence-corrected chi connectivity index (χ3v) is 1.87. The van der Waals surface area contributed by atoms with Gasteiger partial charge in [0.1, 0.15) is 0 Å². The zero-order valence-electron chi connectivity index (χ0n) is 8.13. The van der Waals surface area contributed by atoms with Crippen LogP contribution in [0.5, 0.6) is 0 Å². The molecule has 0 fully saturated rings. The summed E-state index contributed by atoms with van der Waals surface area (Å²) in [5.74, 6) is -0.439. The van der Waals surface area contributed by atoms with Crippen molar-refractivity contribution in [2.24, 2.45) is 0 Å². The lowest BCUT2D eigenvalue weighted by Gasteiger charge is -2.07. The Morgan fingerprint density at radius 1 is 1.50 bits per heavy atom. The van der Waals surface area contributed by atoms with Crippen LogP contribution in [0.15, 0.2) is 12.2 Å². The van der Waals surface area contributed by atoms with E-state index in [1.54, 1.807) is 19.9 Å². The van der Waals surface area contributed by atoms with Gasteiger partial charge < -0.3 is 4.74 Å². The van der Waals surface area contributed by atoms with Crippen molar-refractivity contribution in [3.63, 3.8) is 0 Å². The highest BCUT2D eigenvalue weighted by Gasteiger charge is 2.04. The molecular weight excluding hydrogens is 208 g/mol. The minimum Gasteiger partial charge on any atom is -0.462 e. The molecule has 5 nitrogen and oxygen atoms in total. The minimum atomic E-state index is -2.83. The molecule has 0 spiro atoms. The molecule has 0 aromatic rings. The Morgan fingerprint density at radius 2 is 2.14 bits per heavy atom. The van der Waals surface area contributed by atoms with E-state index >= 15 is 0 Å². The molecule has 6 heteroatoms. The number of thiol groups is 1. The first-order chi connectivity index (χ1) is 6.56. The van der Waals surface area contributed by atoms with E-state index in [1.807, 2.05) is 0 Å². The molecule has 14 heavy (non-hydrogen) atoms. The van der Waals surface area contributed by atoms with Crippen LogP contribution < -0.4 is 0 Å². The van der Waals surface area contributed by atoms with E-state index in [9.17, 15) is 13.2 Å². The van der Waals surface area contributed by atoms with Gasteiger partial charge in [0, 0.05) is 12.5 Å². The minimum absolute atomic E-state index is 0.146. The second kappa shape index (κ2) is 7.52. The van der Waals surface area contributed by atoms with Crippen molar-refractivity contribution in [1.29, 1.82) is 0 Å². The van der Waals surface area contributed by atoms with Crippen LogP contribution >= 0.6 is 0 Å². The molecule has 0 aromatic heterocycles. The number of hydrogen-bond acceptors (Lipinski definition) is 5. The van der Waals surface area contributed by atoms with Crippen molar-refractivity contribution in [3.05, 3.63) is 12.2 Å². The number of ether oxygens (including phenoxy) is 1. The first-order valence-corrected chi connectivity index (χ1v) is 5.26. The fourth-order valence-corrected chi connectivity index (χ4v) is 1.11. The lowest BCUT2D eigenvalue weighted by molar-refractivity contribution is -0.138. The van der Waals surface area contributed by atoms with Crippen LogP contribution in [0, 0.1) is 0 Å². The molecule has 1 atom stereocenters. The summed E-state index contributed by atoms with van der Waals surface area (Å²) in [4.78, 5) is 10.8. The molecule has 0 amide bonds. The summed E-state index contributed by atoms with van der Waals surface area (Å²) < 4.78 is 29.4. The predicted molar refractivity (Wildman–Crippen MR) is 51.3 cm³/mol. The van der Waals surface area contributed by atoms with Crippen LogP contribution in [0.2, 0.25) is 0 Å². The summed E-state index contributed by atoms with van der Waals surface area (Å²) in [5, 5.41) is 0. The largest absolute Gasteiger partial charge is 0.462 e. The summed E-state index contributed by atoms with van der Waals surface area (Å²) in [6.45, 7) is 3.44. The third kappa shape index (κ3) is 7.75. The quantitative estimate of drug-likeness (QED) is 0.401. The fraction of sp³-hybridized carbons (Fsp3) is 0.625. The van der Waals surface area contributed by atoms with Crippen LogP contribution in [-0.2, 0) is 24.7 Å². The van der Waals surface area contributed by atoms with Gasteiger partial charge in [-0.25, -0.2) is 13.2 Å². The van der Waals surface area contributed by atoms with Gasteiger partial charge in [0.2, 0.25) is 0 Å². The van der Waals surface area contributed by atoms with Gasteiger partial charge in [-0.05, 0) is 13.8 Å². The maximum absolute atomic E-state index is 10.8. The summed E-state index contributed by atoms with van der Waals surface area (Å²) >= 11 is 0. The number of rotatable bonds is 6. The first-order valence-electron chi connectivity index (χ1n) is 4.17. The number of esters is 1. The van der Waals surface area contributed by atoms with Gasteiger partial charge in [0.05, 0.1) is 12.7 Å². The van der Waals surface area contributed by atoms with Gasteiger partial charge in [-0.1, -0.05) is 6.08 Å². The highest BCUT2D eigenvalue weighted by atomic mass is 32.2. The molecule has 0 radical (unpaired) electrons. The van der Waals surface area contributed by atoms with E-state index in [0.29, 0.717) is 6.42 Å². The topological polar surface area (TPSA) is 69.7 Å². The van der Waals surface area contributed by atoms with Gasteiger partial charge in [0.25, 0.3) is 11.0 Å². The normalized spacial score (nSPS) is 13.4. The van der Waals surface area contributed by atoms with Gasteiger partial charge >= 0.3 is 5.97 Å².